The largest absolute Gasteiger partial charge is 0.370 e. The fourth-order valence-electron chi connectivity index (χ4n) is 0.730. The Balaban J connectivity index is 0.000000810. The first-order valence-corrected chi connectivity index (χ1v) is 2.91. The summed E-state index contributed by atoms with van der Waals surface area (Å²) in [7, 11) is 0. The van der Waals surface area contributed by atoms with Gasteiger partial charge in [-0.2, -0.15) is 0 Å². The lowest BCUT2D eigenvalue weighted by atomic mass is 10.5. The number of hydrogen-bond acceptors (Lipinski definition) is 3. The molecule has 0 aromatic heterocycles. The van der Waals surface area contributed by atoms with Crippen molar-refractivity contribution in [3.05, 3.63) is 20.1 Å². The minimum atomic E-state index is -0.559. The summed E-state index contributed by atoms with van der Waals surface area (Å²) in [6.07, 6.45) is 2.57. The first kappa shape index (κ1) is 9.17. The van der Waals surface area contributed by atoms with Crippen molar-refractivity contribution >= 4 is 6.34 Å². The Hall–Kier alpha value is -0.830. The number of nitrogens with zero attached hydrogens (tertiary/aromatic N) is 2. The van der Waals surface area contributed by atoms with Gasteiger partial charge in [0.25, 0.3) is 0 Å². The molecule has 0 aliphatic carbocycles. The molecule has 1 atom stereocenters. The molecule has 1 N–H and O–H groups in total. The average molecular weight is 139 g/mol. The molecule has 1 aliphatic rings. The molecule has 0 saturated heterocycles. The van der Waals surface area contributed by atoms with E-state index in [-0.39, 0.29) is 7.43 Å². The SMILES string of the molecule is C=CC(O)N1C=NCC1.[CH]. The third-order valence-corrected chi connectivity index (χ3v) is 1.27. The Morgan fingerprint density at radius 3 is 2.90 bits per heavy atom. The van der Waals surface area contributed by atoms with E-state index in [1.165, 1.54) is 6.08 Å². The molecule has 0 spiro atoms. The molecule has 1 unspecified atom stereocenters. The molecule has 0 amide bonds. The molecule has 3 nitrogen and oxygen atoms in total. The number of aliphatic hydroxyl groups is 1. The van der Waals surface area contributed by atoms with Crippen molar-refractivity contribution in [3.63, 3.8) is 0 Å². The zero-order chi connectivity index (χ0) is 6.69. The summed E-state index contributed by atoms with van der Waals surface area (Å²) < 4.78 is 0. The van der Waals surface area contributed by atoms with Crippen molar-refractivity contribution in [3.8, 4) is 0 Å². The van der Waals surface area contributed by atoms with Crippen molar-refractivity contribution in [2.24, 2.45) is 4.99 Å². The van der Waals surface area contributed by atoms with E-state index in [0.29, 0.717) is 0 Å². The fourth-order valence-corrected chi connectivity index (χ4v) is 0.730. The molecule has 1 rings (SSSR count). The number of aliphatic hydroxyl groups excluding tert-OH is 1. The van der Waals surface area contributed by atoms with E-state index in [0.717, 1.165) is 13.1 Å². The Labute approximate surface area is 61.7 Å². The van der Waals surface area contributed by atoms with E-state index in [9.17, 15) is 0 Å². The summed E-state index contributed by atoms with van der Waals surface area (Å²) in [5.74, 6) is 0. The lowest BCUT2D eigenvalue weighted by molar-refractivity contribution is 0.108. The molecule has 0 aromatic carbocycles. The lowest BCUT2D eigenvalue weighted by Gasteiger charge is -2.16. The van der Waals surface area contributed by atoms with Gasteiger partial charge in [-0.1, -0.05) is 6.58 Å². The van der Waals surface area contributed by atoms with Gasteiger partial charge in [0.1, 0.15) is 6.23 Å². The predicted molar refractivity (Wildman–Crippen MR) is 40.6 cm³/mol. The number of aliphatic imine (C=N–C) groups is 1. The van der Waals surface area contributed by atoms with Crippen LogP contribution < -0.4 is 0 Å². The molecular weight excluding hydrogens is 128 g/mol. The Morgan fingerprint density at radius 2 is 2.50 bits per heavy atom. The van der Waals surface area contributed by atoms with Crippen LogP contribution >= 0.6 is 0 Å². The van der Waals surface area contributed by atoms with E-state index in [1.807, 2.05) is 0 Å². The van der Waals surface area contributed by atoms with E-state index >= 15 is 0 Å². The molecule has 1 aliphatic heterocycles. The van der Waals surface area contributed by atoms with E-state index in [1.54, 1.807) is 11.2 Å². The van der Waals surface area contributed by atoms with Crippen molar-refractivity contribution in [1.82, 2.24) is 4.90 Å². The lowest BCUT2D eigenvalue weighted by Crippen LogP contribution is -2.30. The normalized spacial score (nSPS) is 18.3. The van der Waals surface area contributed by atoms with Gasteiger partial charge in [-0.05, 0) is 13.5 Å². The molecule has 1 heterocycles. The predicted octanol–water partition coefficient (Wildman–Crippen LogP) is 0.0390. The maximum Gasteiger partial charge on any atom is 0.146 e. The second kappa shape index (κ2) is 4.06. The van der Waals surface area contributed by atoms with Gasteiger partial charge < -0.3 is 10.0 Å². The van der Waals surface area contributed by atoms with E-state index < -0.39 is 6.23 Å². The standard InChI is InChI=1S/C6H10N2O.CH/c1-2-6(9)8-4-3-7-5-8;/h2,5-6,9H,1,3-4H2;1H. The van der Waals surface area contributed by atoms with Gasteiger partial charge in [0.05, 0.1) is 12.9 Å². The number of rotatable bonds is 2. The summed E-state index contributed by atoms with van der Waals surface area (Å²) in [5, 5.41) is 9.07. The van der Waals surface area contributed by atoms with E-state index in [2.05, 4.69) is 11.6 Å². The molecule has 3 heteroatoms. The van der Waals surface area contributed by atoms with Crippen molar-refractivity contribution in [2.75, 3.05) is 13.1 Å². The van der Waals surface area contributed by atoms with Crippen LogP contribution in [0.4, 0.5) is 0 Å². The van der Waals surface area contributed by atoms with Crippen LogP contribution in [-0.2, 0) is 0 Å². The molecule has 55 valence electrons. The van der Waals surface area contributed by atoms with Crippen molar-refractivity contribution in [1.29, 1.82) is 0 Å². The van der Waals surface area contributed by atoms with Gasteiger partial charge in [-0.15, -0.1) is 0 Å². The zero-order valence-corrected chi connectivity index (χ0v) is 5.77. The molecule has 0 aromatic rings. The first-order chi connectivity index (χ1) is 4.34. The molecule has 10 heavy (non-hydrogen) atoms. The van der Waals surface area contributed by atoms with Crippen LogP contribution in [0, 0.1) is 7.43 Å². The van der Waals surface area contributed by atoms with E-state index in [4.69, 9.17) is 5.11 Å². The molecule has 3 radical (unpaired) electrons. The summed E-state index contributed by atoms with van der Waals surface area (Å²) in [4.78, 5) is 5.66. The summed E-state index contributed by atoms with van der Waals surface area (Å²) in [6, 6.07) is 0. The smallest absolute Gasteiger partial charge is 0.146 e. The quantitative estimate of drug-likeness (QED) is 0.548. The summed E-state index contributed by atoms with van der Waals surface area (Å²) in [5.41, 5.74) is 0. The van der Waals surface area contributed by atoms with Gasteiger partial charge in [0.2, 0.25) is 0 Å². The fraction of sp³-hybridized carbons (Fsp3) is 0.429. The molecule has 0 bridgehead atoms. The Kier molecular flexibility index (Phi) is 3.72. The highest BCUT2D eigenvalue weighted by Crippen LogP contribution is 1.98. The minimum Gasteiger partial charge on any atom is -0.370 e. The highest BCUT2D eigenvalue weighted by atomic mass is 16.3. The highest BCUT2D eigenvalue weighted by Gasteiger charge is 2.10. The maximum absolute atomic E-state index is 9.07. The second-order valence-corrected chi connectivity index (χ2v) is 1.91. The van der Waals surface area contributed by atoms with Gasteiger partial charge in [-0.25, -0.2) is 0 Å². The van der Waals surface area contributed by atoms with Crippen molar-refractivity contribution in [2.45, 2.75) is 6.23 Å². The third kappa shape index (κ3) is 1.84. The monoisotopic (exact) mass is 139 g/mol. The minimum absolute atomic E-state index is 0. The van der Waals surface area contributed by atoms with Crippen LogP contribution in [0.3, 0.4) is 0 Å². The highest BCUT2D eigenvalue weighted by molar-refractivity contribution is 5.57. The number of hydrogen-bond donors (Lipinski definition) is 1. The molecular formula is C7H11N2O. The van der Waals surface area contributed by atoms with Crippen LogP contribution in [-0.4, -0.2) is 35.7 Å². The Morgan fingerprint density at radius 1 is 1.80 bits per heavy atom. The average Bonchev–Trinajstić information content (AvgIpc) is 2.37. The van der Waals surface area contributed by atoms with Gasteiger partial charge in [-0.3, -0.25) is 4.99 Å². The van der Waals surface area contributed by atoms with Gasteiger partial charge in [0.15, 0.2) is 0 Å². The third-order valence-electron chi connectivity index (χ3n) is 1.27. The second-order valence-electron chi connectivity index (χ2n) is 1.91. The van der Waals surface area contributed by atoms with Crippen LogP contribution in [0.2, 0.25) is 0 Å². The van der Waals surface area contributed by atoms with Crippen molar-refractivity contribution < 1.29 is 5.11 Å². The van der Waals surface area contributed by atoms with Crippen LogP contribution in [0.1, 0.15) is 0 Å². The summed E-state index contributed by atoms with van der Waals surface area (Å²) in [6.45, 7) is 5.03. The van der Waals surface area contributed by atoms with Crippen LogP contribution in [0.25, 0.3) is 0 Å². The van der Waals surface area contributed by atoms with Gasteiger partial charge >= 0.3 is 0 Å². The summed E-state index contributed by atoms with van der Waals surface area (Å²) >= 11 is 0. The Bertz CT molecular complexity index is 134. The zero-order valence-electron chi connectivity index (χ0n) is 5.77. The topological polar surface area (TPSA) is 35.8 Å². The van der Waals surface area contributed by atoms with Crippen LogP contribution in [0.5, 0.6) is 0 Å². The first-order valence-electron chi connectivity index (χ1n) is 2.91. The maximum atomic E-state index is 9.07. The van der Waals surface area contributed by atoms with Crippen LogP contribution in [0.15, 0.2) is 17.6 Å². The molecule has 0 fully saturated rings. The van der Waals surface area contributed by atoms with Gasteiger partial charge in [0, 0.05) is 6.54 Å². The molecule has 0 saturated carbocycles.